The van der Waals surface area contributed by atoms with Crippen LogP contribution in [-0.4, -0.2) is 13.1 Å². The molecule has 0 aliphatic heterocycles. The molecular weight excluding hydrogens is 148 g/mol. The second-order valence-electron chi connectivity index (χ2n) is 4.55. The van der Waals surface area contributed by atoms with Gasteiger partial charge >= 0.3 is 0 Å². The van der Waals surface area contributed by atoms with E-state index in [0.29, 0.717) is 5.41 Å². The molecule has 1 rings (SSSR count). The smallest absolute Gasteiger partial charge is 0.00487 e. The third kappa shape index (κ3) is 2.46. The van der Waals surface area contributed by atoms with Gasteiger partial charge in [-0.25, -0.2) is 0 Å². The number of rotatable bonds is 3. The summed E-state index contributed by atoms with van der Waals surface area (Å²) in [6.07, 6.45) is 6.49. The Morgan fingerprint density at radius 1 is 1.42 bits per heavy atom. The molecule has 0 amide bonds. The van der Waals surface area contributed by atoms with Crippen molar-refractivity contribution in [2.45, 2.75) is 39.0 Å². The lowest BCUT2D eigenvalue weighted by Crippen LogP contribution is -2.31. The van der Waals surface area contributed by atoms with Crippen LogP contribution in [0.3, 0.4) is 0 Å². The maximum absolute atomic E-state index is 5.69. The molecule has 4 N–H and O–H groups in total. The molecule has 2 atom stereocenters. The summed E-state index contributed by atoms with van der Waals surface area (Å²) in [6.45, 7) is 4.05. The summed E-state index contributed by atoms with van der Waals surface area (Å²) >= 11 is 0. The van der Waals surface area contributed by atoms with Crippen molar-refractivity contribution < 1.29 is 0 Å². The predicted octanol–water partition coefficient (Wildman–Crippen LogP) is 1.49. The van der Waals surface area contributed by atoms with E-state index in [2.05, 4.69) is 6.92 Å². The molecule has 1 saturated carbocycles. The zero-order valence-electron chi connectivity index (χ0n) is 8.18. The van der Waals surface area contributed by atoms with Crippen LogP contribution in [0.5, 0.6) is 0 Å². The second-order valence-corrected chi connectivity index (χ2v) is 4.55. The Hall–Kier alpha value is -0.0800. The second kappa shape index (κ2) is 4.24. The molecule has 0 radical (unpaired) electrons. The quantitative estimate of drug-likeness (QED) is 0.674. The van der Waals surface area contributed by atoms with Crippen LogP contribution in [0, 0.1) is 11.3 Å². The minimum atomic E-state index is 0.497. The van der Waals surface area contributed by atoms with Crippen molar-refractivity contribution >= 4 is 0 Å². The first-order chi connectivity index (χ1) is 5.70. The van der Waals surface area contributed by atoms with E-state index in [9.17, 15) is 0 Å². The fourth-order valence-corrected chi connectivity index (χ4v) is 2.50. The molecule has 72 valence electrons. The van der Waals surface area contributed by atoms with E-state index in [1.165, 1.54) is 32.1 Å². The number of hydrogen-bond acceptors (Lipinski definition) is 2. The average molecular weight is 170 g/mol. The van der Waals surface area contributed by atoms with Crippen molar-refractivity contribution in [2.75, 3.05) is 13.1 Å². The van der Waals surface area contributed by atoms with Crippen LogP contribution >= 0.6 is 0 Å². The van der Waals surface area contributed by atoms with Gasteiger partial charge < -0.3 is 11.5 Å². The summed E-state index contributed by atoms with van der Waals surface area (Å²) < 4.78 is 0. The molecule has 2 nitrogen and oxygen atoms in total. The van der Waals surface area contributed by atoms with E-state index in [-0.39, 0.29) is 0 Å². The van der Waals surface area contributed by atoms with Crippen molar-refractivity contribution in [2.24, 2.45) is 22.8 Å². The molecule has 0 spiro atoms. The summed E-state index contributed by atoms with van der Waals surface area (Å²) in [4.78, 5) is 0. The first kappa shape index (κ1) is 10.0. The third-order valence-corrected chi connectivity index (χ3v) is 3.26. The molecule has 1 fully saturated rings. The third-order valence-electron chi connectivity index (χ3n) is 3.26. The van der Waals surface area contributed by atoms with Gasteiger partial charge in [-0.2, -0.15) is 0 Å². The van der Waals surface area contributed by atoms with Crippen LogP contribution < -0.4 is 11.5 Å². The fourth-order valence-electron chi connectivity index (χ4n) is 2.50. The van der Waals surface area contributed by atoms with Gasteiger partial charge in [0.05, 0.1) is 0 Å². The van der Waals surface area contributed by atoms with E-state index in [4.69, 9.17) is 11.5 Å². The van der Waals surface area contributed by atoms with Crippen LogP contribution in [0.15, 0.2) is 0 Å². The molecule has 0 saturated heterocycles. The number of nitrogens with two attached hydrogens (primary N) is 2. The molecule has 1 aliphatic carbocycles. The SMILES string of the molecule is CC1(CCN)CCCC(CN)C1. The minimum Gasteiger partial charge on any atom is -0.330 e. The van der Waals surface area contributed by atoms with Gasteiger partial charge in [-0.05, 0) is 50.1 Å². The lowest BCUT2D eigenvalue weighted by Gasteiger charge is -2.37. The Balaban J connectivity index is 2.43. The standard InChI is InChI=1S/C10H22N2/c1-10(5-6-11)4-2-3-9(7-10)8-12/h9H,2-8,11-12H2,1H3. The monoisotopic (exact) mass is 170 g/mol. The molecule has 12 heavy (non-hydrogen) atoms. The van der Waals surface area contributed by atoms with E-state index in [0.717, 1.165) is 19.0 Å². The first-order valence-electron chi connectivity index (χ1n) is 5.10. The van der Waals surface area contributed by atoms with Gasteiger partial charge in [-0.1, -0.05) is 13.3 Å². The van der Waals surface area contributed by atoms with Crippen molar-refractivity contribution in [1.82, 2.24) is 0 Å². The molecule has 1 aliphatic rings. The molecule has 0 heterocycles. The normalized spacial score (nSPS) is 36.8. The van der Waals surface area contributed by atoms with Gasteiger partial charge in [0.15, 0.2) is 0 Å². The Labute approximate surface area is 75.7 Å². The van der Waals surface area contributed by atoms with Crippen LogP contribution in [0.25, 0.3) is 0 Å². The van der Waals surface area contributed by atoms with E-state index >= 15 is 0 Å². The lowest BCUT2D eigenvalue weighted by atomic mass is 9.69. The highest BCUT2D eigenvalue weighted by Gasteiger charge is 2.30. The van der Waals surface area contributed by atoms with Gasteiger partial charge in [-0.3, -0.25) is 0 Å². The van der Waals surface area contributed by atoms with Gasteiger partial charge in [0.25, 0.3) is 0 Å². The molecule has 0 aromatic carbocycles. The summed E-state index contributed by atoms with van der Waals surface area (Å²) in [5, 5.41) is 0. The van der Waals surface area contributed by atoms with Crippen molar-refractivity contribution in [3.63, 3.8) is 0 Å². The highest BCUT2D eigenvalue weighted by Crippen LogP contribution is 2.40. The Bertz CT molecular complexity index is 132. The Kier molecular flexibility index (Phi) is 3.53. The zero-order chi connectivity index (χ0) is 9.03. The zero-order valence-corrected chi connectivity index (χ0v) is 8.18. The average Bonchev–Trinajstić information content (AvgIpc) is 2.04. The van der Waals surface area contributed by atoms with Crippen LogP contribution in [0.4, 0.5) is 0 Å². The van der Waals surface area contributed by atoms with E-state index in [1.54, 1.807) is 0 Å². The van der Waals surface area contributed by atoms with Gasteiger partial charge in [0, 0.05) is 0 Å². The van der Waals surface area contributed by atoms with Crippen molar-refractivity contribution in [3.05, 3.63) is 0 Å². The molecule has 0 bridgehead atoms. The lowest BCUT2D eigenvalue weighted by molar-refractivity contribution is 0.153. The summed E-state index contributed by atoms with van der Waals surface area (Å²) in [5.41, 5.74) is 11.8. The highest BCUT2D eigenvalue weighted by atomic mass is 14.6. The van der Waals surface area contributed by atoms with E-state index < -0.39 is 0 Å². The molecule has 0 aromatic heterocycles. The maximum atomic E-state index is 5.69. The maximum Gasteiger partial charge on any atom is -0.00487 e. The van der Waals surface area contributed by atoms with Crippen LogP contribution in [0.1, 0.15) is 39.0 Å². The molecule has 2 unspecified atom stereocenters. The fraction of sp³-hybridized carbons (Fsp3) is 1.00. The summed E-state index contributed by atoms with van der Waals surface area (Å²) in [7, 11) is 0. The highest BCUT2D eigenvalue weighted by molar-refractivity contribution is 4.83. The minimum absolute atomic E-state index is 0.497. The first-order valence-corrected chi connectivity index (χ1v) is 5.10. The Morgan fingerprint density at radius 2 is 2.17 bits per heavy atom. The van der Waals surface area contributed by atoms with Gasteiger partial charge in [0.2, 0.25) is 0 Å². The van der Waals surface area contributed by atoms with Crippen molar-refractivity contribution in [3.8, 4) is 0 Å². The van der Waals surface area contributed by atoms with Crippen LogP contribution in [-0.2, 0) is 0 Å². The summed E-state index contributed by atoms with van der Waals surface area (Å²) in [6, 6.07) is 0. The Morgan fingerprint density at radius 3 is 2.75 bits per heavy atom. The molecule has 2 heteroatoms. The van der Waals surface area contributed by atoms with Gasteiger partial charge in [0.1, 0.15) is 0 Å². The topological polar surface area (TPSA) is 52.0 Å². The predicted molar refractivity (Wildman–Crippen MR) is 52.8 cm³/mol. The summed E-state index contributed by atoms with van der Waals surface area (Å²) in [5.74, 6) is 0.760. The van der Waals surface area contributed by atoms with Crippen LogP contribution in [0.2, 0.25) is 0 Å². The molecule has 0 aromatic rings. The largest absolute Gasteiger partial charge is 0.330 e. The van der Waals surface area contributed by atoms with Gasteiger partial charge in [-0.15, -0.1) is 0 Å². The van der Waals surface area contributed by atoms with E-state index in [1.807, 2.05) is 0 Å². The molecular formula is C10H22N2. The van der Waals surface area contributed by atoms with Crippen molar-refractivity contribution in [1.29, 1.82) is 0 Å². The number of hydrogen-bond donors (Lipinski definition) is 2.